The number of nitrogens with zero attached hydrogens (tertiary/aromatic N) is 1. The van der Waals surface area contributed by atoms with Gasteiger partial charge in [0.05, 0.1) is 23.7 Å². The molecule has 3 aromatic carbocycles. The molecule has 0 spiro atoms. The molecule has 36 heavy (non-hydrogen) atoms. The second-order valence-corrected chi connectivity index (χ2v) is 10.2. The van der Waals surface area contributed by atoms with E-state index in [1.807, 2.05) is 31.2 Å². The molecule has 1 aliphatic heterocycles. The van der Waals surface area contributed by atoms with Crippen molar-refractivity contribution in [2.24, 2.45) is 0 Å². The Bertz CT molecular complexity index is 1390. The number of halogens is 2. The molecular weight excluding hydrogens is 481 g/mol. The van der Waals surface area contributed by atoms with Gasteiger partial charge >= 0.3 is 0 Å². The van der Waals surface area contributed by atoms with E-state index < -0.39 is 23.5 Å². The van der Waals surface area contributed by atoms with Gasteiger partial charge in [0.15, 0.2) is 0 Å². The molecule has 0 bridgehead atoms. The maximum absolute atomic E-state index is 13.9. The number of ether oxygens (including phenoxy) is 1. The number of rotatable bonds is 4. The molecule has 1 heterocycles. The summed E-state index contributed by atoms with van der Waals surface area (Å²) in [5.41, 5.74) is 2.90. The predicted molar refractivity (Wildman–Crippen MR) is 139 cm³/mol. The second-order valence-electron chi connectivity index (χ2n) is 9.82. The van der Waals surface area contributed by atoms with Gasteiger partial charge in [-0.25, -0.2) is 4.39 Å². The molecule has 1 amide bonds. The van der Waals surface area contributed by atoms with Crippen molar-refractivity contribution < 1.29 is 23.8 Å². The van der Waals surface area contributed by atoms with E-state index in [2.05, 4.69) is 20.8 Å². The van der Waals surface area contributed by atoms with Crippen LogP contribution in [0.3, 0.4) is 0 Å². The summed E-state index contributed by atoms with van der Waals surface area (Å²) in [6.45, 7) is 8.07. The molecule has 0 aliphatic carbocycles. The molecule has 1 saturated heterocycles. The monoisotopic (exact) mass is 507 g/mol. The van der Waals surface area contributed by atoms with Gasteiger partial charge in [-0.05, 0) is 65.4 Å². The quantitative estimate of drug-likeness (QED) is 0.242. The Morgan fingerprint density at radius 2 is 1.69 bits per heavy atom. The molecule has 0 saturated carbocycles. The summed E-state index contributed by atoms with van der Waals surface area (Å²) >= 11 is 6.01. The zero-order valence-corrected chi connectivity index (χ0v) is 21.5. The maximum Gasteiger partial charge on any atom is 0.300 e. The Morgan fingerprint density at radius 1 is 1.03 bits per heavy atom. The summed E-state index contributed by atoms with van der Waals surface area (Å²) in [7, 11) is 1.54. The first-order chi connectivity index (χ1) is 16.9. The van der Waals surface area contributed by atoms with Crippen molar-refractivity contribution in [3.63, 3.8) is 0 Å². The lowest BCUT2D eigenvalue weighted by Gasteiger charge is -2.27. The minimum absolute atomic E-state index is 0.0616. The van der Waals surface area contributed by atoms with Crippen molar-refractivity contribution in [2.75, 3.05) is 12.0 Å². The van der Waals surface area contributed by atoms with Crippen LogP contribution >= 0.6 is 11.6 Å². The molecule has 1 unspecified atom stereocenters. The van der Waals surface area contributed by atoms with Crippen LogP contribution in [-0.2, 0) is 15.0 Å². The normalized spacial score (nSPS) is 17.5. The van der Waals surface area contributed by atoms with E-state index in [-0.39, 0.29) is 27.5 Å². The number of ketones is 1. The third-order valence-electron chi connectivity index (χ3n) is 6.39. The summed E-state index contributed by atoms with van der Waals surface area (Å²) < 4.78 is 19.2. The highest BCUT2D eigenvalue weighted by Gasteiger charge is 2.47. The van der Waals surface area contributed by atoms with Crippen LogP contribution in [0.15, 0.2) is 66.2 Å². The molecule has 4 rings (SSSR count). The molecule has 7 heteroatoms. The molecule has 1 N–H and O–H groups in total. The fraction of sp³-hybridized carbons (Fsp3) is 0.241. The van der Waals surface area contributed by atoms with Gasteiger partial charge in [0, 0.05) is 11.3 Å². The van der Waals surface area contributed by atoms with Gasteiger partial charge in [0.1, 0.15) is 17.3 Å². The number of aliphatic hydroxyl groups excluding tert-OH is 1. The van der Waals surface area contributed by atoms with Crippen LogP contribution in [-0.4, -0.2) is 23.9 Å². The number of carbonyl (C=O) groups excluding carboxylic acids is 2. The van der Waals surface area contributed by atoms with Crippen LogP contribution in [0.1, 0.15) is 49.1 Å². The zero-order chi connectivity index (χ0) is 26.4. The Balaban J connectivity index is 1.94. The highest BCUT2D eigenvalue weighted by molar-refractivity contribution is 6.51. The highest BCUT2D eigenvalue weighted by Crippen LogP contribution is 2.43. The molecule has 1 fully saturated rings. The standard InChI is InChI=1S/C29H27ClFNO4/c1-16-14-18(8-13-23(16)36-5)26(33)24-25(17-6-9-19(10-7-17)29(2,3)4)32(28(35)27(24)34)20-11-12-22(31)21(30)15-20/h6-15,25,33H,1-5H3/b26-24+. The van der Waals surface area contributed by atoms with Gasteiger partial charge in [-0.1, -0.05) is 56.6 Å². The largest absolute Gasteiger partial charge is 0.507 e. The van der Waals surface area contributed by atoms with Gasteiger partial charge < -0.3 is 9.84 Å². The highest BCUT2D eigenvalue weighted by atomic mass is 35.5. The molecule has 186 valence electrons. The fourth-order valence-electron chi connectivity index (χ4n) is 4.40. The zero-order valence-electron chi connectivity index (χ0n) is 20.7. The van der Waals surface area contributed by atoms with Crippen LogP contribution in [0.4, 0.5) is 10.1 Å². The Morgan fingerprint density at radius 3 is 2.25 bits per heavy atom. The number of hydrogen-bond acceptors (Lipinski definition) is 4. The van der Waals surface area contributed by atoms with Crippen molar-refractivity contribution in [1.29, 1.82) is 0 Å². The van der Waals surface area contributed by atoms with Crippen molar-refractivity contribution in [1.82, 2.24) is 0 Å². The van der Waals surface area contributed by atoms with Crippen LogP contribution in [0, 0.1) is 12.7 Å². The van der Waals surface area contributed by atoms with E-state index in [1.165, 1.54) is 17.0 Å². The lowest BCUT2D eigenvalue weighted by Crippen LogP contribution is -2.29. The lowest BCUT2D eigenvalue weighted by molar-refractivity contribution is -0.132. The first-order valence-electron chi connectivity index (χ1n) is 11.5. The summed E-state index contributed by atoms with van der Waals surface area (Å²) in [6, 6.07) is 15.4. The maximum atomic E-state index is 13.9. The average Bonchev–Trinajstić information content (AvgIpc) is 3.10. The summed E-state index contributed by atoms with van der Waals surface area (Å²) in [5, 5.41) is 11.1. The predicted octanol–water partition coefficient (Wildman–Crippen LogP) is 6.72. The lowest BCUT2D eigenvalue weighted by atomic mass is 9.85. The second kappa shape index (κ2) is 9.43. The Kier molecular flexibility index (Phi) is 6.67. The van der Waals surface area contributed by atoms with Gasteiger partial charge in [-0.3, -0.25) is 14.5 Å². The number of methoxy groups -OCH3 is 1. The van der Waals surface area contributed by atoms with Crippen molar-refractivity contribution in [3.8, 4) is 5.75 Å². The number of hydrogen-bond donors (Lipinski definition) is 1. The van der Waals surface area contributed by atoms with E-state index in [0.29, 0.717) is 16.9 Å². The first-order valence-corrected chi connectivity index (χ1v) is 11.8. The smallest absolute Gasteiger partial charge is 0.300 e. The number of carbonyl (C=O) groups is 2. The first kappa shape index (κ1) is 25.5. The van der Waals surface area contributed by atoms with Crippen LogP contribution in [0.2, 0.25) is 5.02 Å². The van der Waals surface area contributed by atoms with Gasteiger partial charge in [0.2, 0.25) is 0 Å². The number of aryl methyl sites for hydroxylation is 1. The van der Waals surface area contributed by atoms with E-state index in [1.54, 1.807) is 25.3 Å². The minimum atomic E-state index is -0.942. The molecule has 0 radical (unpaired) electrons. The molecule has 0 aromatic heterocycles. The van der Waals surface area contributed by atoms with E-state index in [9.17, 15) is 19.1 Å². The third kappa shape index (κ3) is 4.49. The number of Topliss-reactive ketones (excluding diaryl/α,β-unsaturated/α-hetero) is 1. The number of benzene rings is 3. The average molecular weight is 508 g/mol. The summed E-state index contributed by atoms with van der Waals surface area (Å²) in [6.07, 6.45) is 0. The van der Waals surface area contributed by atoms with Crippen molar-refractivity contribution in [2.45, 2.75) is 39.2 Å². The Hall–Kier alpha value is -3.64. The molecule has 1 atom stereocenters. The number of anilines is 1. The van der Waals surface area contributed by atoms with Gasteiger partial charge in [-0.15, -0.1) is 0 Å². The van der Waals surface area contributed by atoms with E-state index >= 15 is 0 Å². The van der Waals surface area contributed by atoms with Crippen LogP contribution in [0.25, 0.3) is 5.76 Å². The van der Waals surface area contributed by atoms with Crippen LogP contribution < -0.4 is 9.64 Å². The molecular formula is C29H27ClFNO4. The SMILES string of the molecule is COc1ccc(/C(O)=C2\C(=O)C(=O)N(c3ccc(F)c(Cl)c3)C2c2ccc(C(C)(C)C)cc2)cc1C. The fourth-order valence-corrected chi connectivity index (χ4v) is 4.57. The summed E-state index contributed by atoms with van der Waals surface area (Å²) in [4.78, 5) is 27.9. The third-order valence-corrected chi connectivity index (χ3v) is 6.68. The van der Waals surface area contributed by atoms with Crippen LogP contribution in [0.5, 0.6) is 5.75 Å². The molecule has 5 nitrogen and oxygen atoms in total. The number of aliphatic hydroxyl groups is 1. The van der Waals surface area contributed by atoms with Gasteiger partial charge in [0.25, 0.3) is 11.7 Å². The molecule has 3 aromatic rings. The Labute approximate surface area is 214 Å². The van der Waals surface area contributed by atoms with Crippen molar-refractivity contribution in [3.05, 3.63) is 99.3 Å². The summed E-state index contributed by atoms with van der Waals surface area (Å²) in [5.74, 6) is -2.00. The van der Waals surface area contributed by atoms with E-state index in [4.69, 9.17) is 16.3 Å². The van der Waals surface area contributed by atoms with Gasteiger partial charge in [-0.2, -0.15) is 0 Å². The molecule has 1 aliphatic rings. The number of amides is 1. The minimum Gasteiger partial charge on any atom is -0.507 e. The topological polar surface area (TPSA) is 66.8 Å². The van der Waals surface area contributed by atoms with E-state index in [0.717, 1.165) is 17.2 Å². The van der Waals surface area contributed by atoms with Crippen molar-refractivity contribution >= 4 is 34.7 Å².